The summed E-state index contributed by atoms with van der Waals surface area (Å²) in [5.41, 5.74) is 1.43. The Hall–Kier alpha value is -1.84. The molecular weight excluding hydrogens is 238 g/mol. The summed E-state index contributed by atoms with van der Waals surface area (Å²) in [5.74, 6) is -0.163. The quantitative estimate of drug-likeness (QED) is 0.799. The Morgan fingerprint density at radius 2 is 2.16 bits per heavy atom. The molecule has 1 saturated carbocycles. The highest BCUT2D eigenvalue weighted by Crippen LogP contribution is 2.21. The molecule has 1 aromatic rings. The zero-order chi connectivity index (χ0) is 13.5. The molecule has 0 unspecified atom stereocenters. The Bertz CT molecular complexity index is 422. The lowest BCUT2D eigenvalue weighted by molar-refractivity contribution is 0.0953. The third-order valence-corrected chi connectivity index (χ3v) is 3.38. The molecular formula is C15H21N3O. The predicted molar refractivity (Wildman–Crippen MR) is 77.3 cm³/mol. The van der Waals surface area contributed by atoms with Crippen LogP contribution in [0, 0.1) is 0 Å². The topological polar surface area (TPSA) is 54.0 Å². The van der Waals surface area contributed by atoms with E-state index in [9.17, 15) is 4.79 Å². The minimum Gasteiger partial charge on any atom is -0.381 e. The Morgan fingerprint density at radius 1 is 1.37 bits per heavy atom. The van der Waals surface area contributed by atoms with Gasteiger partial charge in [-0.1, -0.05) is 25.3 Å². The van der Waals surface area contributed by atoms with Crippen molar-refractivity contribution in [3.63, 3.8) is 0 Å². The smallest absolute Gasteiger partial charge is 0.270 e. The Morgan fingerprint density at radius 3 is 2.79 bits per heavy atom. The molecule has 4 nitrogen and oxygen atoms in total. The van der Waals surface area contributed by atoms with Crippen molar-refractivity contribution >= 4 is 11.6 Å². The highest BCUT2D eigenvalue weighted by molar-refractivity contribution is 5.92. The van der Waals surface area contributed by atoms with E-state index >= 15 is 0 Å². The van der Waals surface area contributed by atoms with Crippen LogP contribution < -0.4 is 10.6 Å². The normalized spacial score (nSPS) is 15.8. The molecule has 1 aromatic heterocycles. The summed E-state index contributed by atoms with van der Waals surface area (Å²) >= 11 is 0. The fourth-order valence-electron chi connectivity index (χ4n) is 2.35. The molecule has 1 amide bonds. The van der Waals surface area contributed by atoms with E-state index in [1.54, 1.807) is 18.3 Å². The summed E-state index contributed by atoms with van der Waals surface area (Å²) in [6.07, 6.45) is 9.77. The van der Waals surface area contributed by atoms with Crippen molar-refractivity contribution in [2.75, 3.05) is 11.9 Å². The molecule has 0 aliphatic heterocycles. The number of rotatable bonds is 5. The minimum atomic E-state index is -0.163. The number of carbonyl (C=O) groups is 1. The Kier molecular flexibility index (Phi) is 4.95. The second-order valence-electron chi connectivity index (χ2n) is 4.91. The maximum Gasteiger partial charge on any atom is 0.270 e. The fraction of sp³-hybridized carbons (Fsp3) is 0.467. The molecule has 0 aromatic carbocycles. The molecule has 19 heavy (non-hydrogen) atoms. The average Bonchev–Trinajstić information content (AvgIpc) is 2.46. The van der Waals surface area contributed by atoms with Gasteiger partial charge in [0.15, 0.2) is 0 Å². The molecule has 0 radical (unpaired) electrons. The summed E-state index contributed by atoms with van der Waals surface area (Å²) < 4.78 is 0. The van der Waals surface area contributed by atoms with Gasteiger partial charge in [-0.25, -0.2) is 4.98 Å². The first-order valence-corrected chi connectivity index (χ1v) is 6.91. The minimum absolute atomic E-state index is 0.163. The maximum atomic E-state index is 11.7. The second-order valence-corrected chi connectivity index (χ2v) is 4.91. The van der Waals surface area contributed by atoms with E-state index in [2.05, 4.69) is 22.2 Å². The molecule has 102 valence electrons. The zero-order valence-electron chi connectivity index (χ0n) is 11.2. The first-order valence-electron chi connectivity index (χ1n) is 6.91. The van der Waals surface area contributed by atoms with Crippen LogP contribution in [0.3, 0.4) is 0 Å². The van der Waals surface area contributed by atoms with Gasteiger partial charge in [-0.2, -0.15) is 0 Å². The van der Waals surface area contributed by atoms with E-state index in [0.717, 1.165) is 5.69 Å². The monoisotopic (exact) mass is 259 g/mol. The van der Waals surface area contributed by atoms with Gasteiger partial charge in [0.2, 0.25) is 0 Å². The number of hydrogen-bond acceptors (Lipinski definition) is 3. The van der Waals surface area contributed by atoms with Crippen LogP contribution in [0.4, 0.5) is 5.69 Å². The lowest BCUT2D eigenvalue weighted by Crippen LogP contribution is -2.25. The highest BCUT2D eigenvalue weighted by Gasteiger charge is 2.13. The van der Waals surface area contributed by atoms with Crippen molar-refractivity contribution in [3.05, 3.63) is 36.7 Å². The van der Waals surface area contributed by atoms with Crippen molar-refractivity contribution < 1.29 is 4.79 Å². The van der Waals surface area contributed by atoms with Gasteiger partial charge < -0.3 is 10.6 Å². The Labute approximate surface area is 114 Å². The van der Waals surface area contributed by atoms with Gasteiger partial charge in [0.25, 0.3) is 5.91 Å². The first-order chi connectivity index (χ1) is 9.29. The molecule has 0 bridgehead atoms. The molecule has 4 heteroatoms. The van der Waals surface area contributed by atoms with Gasteiger partial charge in [-0.05, 0) is 25.0 Å². The number of carbonyl (C=O) groups excluding carboxylic acids is 1. The molecule has 0 spiro atoms. The predicted octanol–water partition coefficient (Wildman–Crippen LogP) is 2.74. The molecule has 1 heterocycles. The van der Waals surface area contributed by atoms with Crippen LogP contribution in [0.25, 0.3) is 0 Å². The van der Waals surface area contributed by atoms with Gasteiger partial charge in [0.1, 0.15) is 5.69 Å². The summed E-state index contributed by atoms with van der Waals surface area (Å²) in [5, 5.41) is 6.19. The van der Waals surface area contributed by atoms with Crippen molar-refractivity contribution in [2.45, 2.75) is 38.1 Å². The van der Waals surface area contributed by atoms with Gasteiger partial charge in [-0.15, -0.1) is 6.58 Å². The van der Waals surface area contributed by atoms with Gasteiger partial charge in [0.05, 0.1) is 11.9 Å². The zero-order valence-corrected chi connectivity index (χ0v) is 11.2. The lowest BCUT2D eigenvalue weighted by atomic mass is 9.95. The van der Waals surface area contributed by atoms with E-state index in [1.165, 1.54) is 32.1 Å². The summed E-state index contributed by atoms with van der Waals surface area (Å²) in [7, 11) is 0. The van der Waals surface area contributed by atoms with Crippen molar-refractivity contribution in [3.8, 4) is 0 Å². The van der Waals surface area contributed by atoms with E-state index in [4.69, 9.17) is 0 Å². The van der Waals surface area contributed by atoms with Crippen molar-refractivity contribution in [1.82, 2.24) is 10.3 Å². The number of pyridine rings is 1. The molecule has 0 atom stereocenters. The standard InChI is InChI=1S/C15H21N3O/c1-2-10-16-15(19)14-9-8-13(11-17-14)18-12-6-4-3-5-7-12/h2,8-9,11-12,18H,1,3-7,10H2,(H,16,19). The first kappa shape index (κ1) is 13.6. The van der Waals surface area contributed by atoms with E-state index in [0.29, 0.717) is 18.3 Å². The second kappa shape index (κ2) is 6.92. The van der Waals surface area contributed by atoms with Crippen LogP contribution in [-0.4, -0.2) is 23.5 Å². The molecule has 1 fully saturated rings. The summed E-state index contributed by atoms with van der Waals surface area (Å²) in [6.45, 7) is 4.02. The number of hydrogen-bond donors (Lipinski definition) is 2. The SMILES string of the molecule is C=CCNC(=O)c1ccc(NC2CCCCC2)cn1. The van der Waals surface area contributed by atoms with E-state index in [1.807, 2.05) is 6.07 Å². The maximum absolute atomic E-state index is 11.7. The lowest BCUT2D eigenvalue weighted by Gasteiger charge is -2.23. The Balaban J connectivity index is 1.90. The van der Waals surface area contributed by atoms with Crippen LogP contribution >= 0.6 is 0 Å². The molecule has 2 rings (SSSR count). The van der Waals surface area contributed by atoms with Crippen LogP contribution in [0.1, 0.15) is 42.6 Å². The summed E-state index contributed by atoms with van der Waals surface area (Å²) in [6, 6.07) is 4.23. The van der Waals surface area contributed by atoms with Crippen LogP contribution in [-0.2, 0) is 0 Å². The molecule has 1 aliphatic rings. The van der Waals surface area contributed by atoms with Crippen LogP contribution in [0.15, 0.2) is 31.0 Å². The van der Waals surface area contributed by atoms with Crippen LogP contribution in [0.2, 0.25) is 0 Å². The van der Waals surface area contributed by atoms with Gasteiger partial charge in [-0.3, -0.25) is 4.79 Å². The van der Waals surface area contributed by atoms with Crippen LogP contribution in [0.5, 0.6) is 0 Å². The number of aromatic nitrogens is 1. The number of nitrogens with zero attached hydrogens (tertiary/aromatic N) is 1. The van der Waals surface area contributed by atoms with E-state index < -0.39 is 0 Å². The molecule has 1 aliphatic carbocycles. The fourth-order valence-corrected chi connectivity index (χ4v) is 2.35. The number of nitrogens with one attached hydrogen (secondary N) is 2. The van der Waals surface area contributed by atoms with E-state index in [-0.39, 0.29) is 5.91 Å². The van der Waals surface area contributed by atoms with Crippen molar-refractivity contribution in [1.29, 1.82) is 0 Å². The van der Waals surface area contributed by atoms with Crippen molar-refractivity contribution in [2.24, 2.45) is 0 Å². The highest BCUT2D eigenvalue weighted by atomic mass is 16.1. The van der Waals surface area contributed by atoms with Gasteiger partial charge >= 0.3 is 0 Å². The largest absolute Gasteiger partial charge is 0.381 e. The summed E-state index contributed by atoms with van der Waals surface area (Å²) in [4.78, 5) is 15.9. The van der Waals surface area contributed by atoms with Gasteiger partial charge in [0, 0.05) is 12.6 Å². The number of anilines is 1. The average molecular weight is 259 g/mol. The number of amides is 1. The third-order valence-electron chi connectivity index (χ3n) is 3.38. The molecule has 0 saturated heterocycles. The molecule has 2 N–H and O–H groups in total. The third kappa shape index (κ3) is 4.09.